The molecule has 0 radical (unpaired) electrons. The molecule has 0 bridgehead atoms. The molecule has 5 nitrogen and oxygen atoms in total. The van der Waals surface area contributed by atoms with E-state index in [0.29, 0.717) is 0 Å². The van der Waals surface area contributed by atoms with Crippen LogP contribution in [-0.2, 0) is 0 Å². The molecule has 1 N–H and O–H groups in total. The largest absolute Gasteiger partial charge is 0.387 e. The Morgan fingerprint density at radius 2 is 1.39 bits per heavy atom. The Labute approximate surface area is 164 Å². The highest BCUT2D eigenvalue weighted by molar-refractivity contribution is 5.74. The molecule has 0 amide bonds. The average molecular weight is 372 g/mol. The van der Waals surface area contributed by atoms with Crippen LogP contribution in [-0.4, -0.2) is 38.1 Å². The molecular weight excluding hydrogens is 348 g/mol. The molecule has 1 heterocycles. The molecule has 4 rings (SSSR count). The molecule has 28 heavy (non-hydrogen) atoms. The number of benzene rings is 3. The van der Waals surface area contributed by atoms with Gasteiger partial charge < -0.3 is 5.11 Å². The van der Waals surface area contributed by atoms with Gasteiger partial charge in [-0.1, -0.05) is 78.0 Å². The van der Waals surface area contributed by atoms with E-state index in [2.05, 4.69) is 27.3 Å². The van der Waals surface area contributed by atoms with E-state index in [1.165, 1.54) is 0 Å². The zero-order valence-electron chi connectivity index (χ0n) is 16.1. The van der Waals surface area contributed by atoms with Gasteiger partial charge in [0.1, 0.15) is 11.7 Å². The van der Waals surface area contributed by atoms with Crippen LogP contribution in [0.15, 0.2) is 84.9 Å². The Morgan fingerprint density at radius 1 is 0.821 bits per heavy atom. The van der Waals surface area contributed by atoms with Gasteiger partial charge in [0.25, 0.3) is 0 Å². The Bertz CT molecular complexity index is 1030. The second-order valence-corrected chi connectivity index (χ2v) is 7.07. The highest BCUT2D eigenvalue weighted by Gasteiger charge is 2.29. The first-order chi connectivity index (χ1) is 13.7. The van der Waals surface area contributed by atoms with Crippen molar-refractivity contribution in [3.8, 4) is 0 Å². The summed E-state index contributed by atoms with van der Waals surface area (Å²) in [6.45, 7) is 2.03. The normalized spacial score (nSPS) is 14.9. The monoisotopic (exact) mass is 372 g/mol. The molecule has 4 aromatic rings. The van der Waals surface area contributed by atoms with Gasteiger partial charge in [0.2, 0.25) is 0 Å². The fourth-order valence-corrected chi connectivity index (χ4v) is 3.62. The molecule has 0 aliphatic carbocycles. The van der Waals surface area contributed by atoms with Gasteiger partial charge in [0.05, 0.1) is 11.6 Å². The summed E-state index contributed by atoms with van der Waals surface area (Å²) < 4.78 is 1.93. The van der Waals surface area contributed by atoms with Gasteiger partial charge >= 0.3 is 0 Å². The predicted octanol–water partition coefficient (Wildman–Crippen LogP) is 4.03. The third kappa shape index (κ3) is 3.42. The van der Waals surface area contributed by atoms with Crippen LogP contribution in [0.25, 0.3) is 11.0 Å². The second-order valence-electron chi connectivity index (χ2n) is 7.07. The molecule has 1 aromatic heterocycles. The summed E-state index contributed by atoms with van der Waals surface area (Å²) in [5.41, 5.74) is 3.81. The molecule has 3 atom stereocenters. The van der Waals surface area contributed by atoms with Crippen molar-refractivity contribution in [1.29, 1.82) is 0 Å². The number of likely N-dealkylation sites (N-methyl/N-ethyl adjacent to an activating group) is 1. The zero-order valence-corrected chi connectivity index (χ0v) is 16.1. The van der Waals surface area contributed by atoms with Crippen molar-refractivity contribution < 1.29 is 5.11 Å². The summed E-state index contributed by atoms with van der Waals surface area (Å²) in [6, 6.07) is 27.8. The molecule has 0 saturated heterocycles. The maximum atomic E-state index is 11.0. The fraction of sp³-hybridized carbons (Fsp3) is 0.217. The van der Waals surface area contributed by atoms with Crippen LogP contribution in [0.1, 0.15) is 30.3 Å². The molecule has 0 aliphatic rings. The predicted molar refractivity (Wildman–Crippen MR) is 111 cm³/mol. The minimum absolute atomic E-state index is 0.143. The molecule has 1 unspecified atom stereocenters. The molecular formula is C23H24N4O. The van der Waals surface area contributed by atoms with E-state index in [1.807, 2.05) is 91.4 Å². The lowest BCUT2D eigenvalue weighted by molar-refractivity contribution is 0.0378. The number of aliphatic hydroxyl groups is 1. The van der Waals surface area contributed by atoms with Crippen LogP contribution >= 0.6 is 0 Å². The number of hydrogen-bond donors (Lipinski definition) is 1. The molecule has 0 spiro atoms. The number of aliphatic hydroxyl groups excluding tert-OH is 1. The van der Waals surface area contributed by atoms with Gasteiger partial charge in [-0.2, -0.15) is 0 Å². The van der Waals surface area contributed by atoms with Gasteiger partial charge in [-0.05, 0) is 37.2 Å². The standard InChI is InChI=1S/C23H24N4O/c1-17(22(28)18-11-5-3-6-12-18)26(2)23(19-13-7-4-8-14-19)27-21-16-10-9-15-20(21)24-25-27/h3-17,22-23,28H,1-2H3/t17-,22-,23?/m0/s1. The number of hydrogen-bond acceptors (Lipinski definition) is 4. The van der Waals surface area contributed by atoms with E-state index in [-0.39, 0.29) is 12.2 Å². The van der Waals surface area contributed by atoms with Crippen molar-refractivity contribution >= 4 is 11.0 Å². The number of fused-ring (bicyclic) bond motifs is 1. The van der Waals surface area contributed by atoms with E-state index in [4.69, 9.17) is 0 Å². The van der Waals surface area contributed by atoms with Crippen molar-refractivity contribution in [2.24, 2.45) is 0 Å². The highest BCUT2D eigenvalue weighted by Crippen LogP contribution is 2.30. The fourth-order valence-electron chi connectivity index (χ4n) is 3.62. The minimum atomic E-state index is -0.618. The number of aromatic nitrogens is 3. The summed E-state index contributed by atoms with van der Waals surface area (Å²) in [5, 5.41) is 19.8. The lowest BCUT2D eigenvalue weighted by Gasteiger charge is -2.36. The first-order valence-electron chi connectivity index (χ1n) is 9.46. The molecule has 0 fully saturated rings. The first-order valence-corrected chi connectivity index (χ1v) is 9.46. The summed E-state index contributed by atoms with van der Waals surface area (Å²) in [4.78, 5) is 2.15. The quantitative estimate of drug-likeness (QED) is 0.555. The Morgan fingerprint density at radius 3 is 2.07 bits per heavy atom. The summed E-state index contributed by atoms with van der Waals surface area (Å²) in [7, 11) is 2.02. The number of para-hydroxylation sites is 1. The summed E-state index contributed by atoms with van der Waals surface area (Å²) in [5.74, 6) is 0. The first kappa shape index (κ1) is 18.3. The van der Waals surface area contributed by atoms with Crippen LogP contribution in [0.5, 0.6) is 0 Å². The van der Waals surface area contributed by atoms with Gasteiger partial charge in [-0.3, -0.25) is 4.90 Å². The third-order valence-corrected chi connectivity index (χ3v) is 5.33. The Hall–Kier alpha value is -3.02. The minimum Gasteiger partial charge on any atom is -0.387 e. The van der Waals surface area contributed by atoms with Crippen molar-refractivity contribution in [3.05, 3.63) is 96.1 Å². The second kappa shape index (κ2) is 7.92. The SMILES string of the molecule is C[C@@H]([C@H](O)c1ccccc1)N(C)C(c1ccccc1)n1nnc2ccccc21. The van der Waals surface area contributed by atoms with Crippen molar-refractivity contribution in [2.75, 3.05) is 7.05 Å². The molecule has 0 aliphatic heterocycles. The van der Waals surface area contributed by atoms with Gasteiger partial charge in [-0.15, -0.1) is 5.10 Å². The van der Waals surface area contributed by atoms with Crippen molar-refractivity contribution in [3.63, 3.8) is 0 Å². The van der Waals surface area contributed by atoms with Crippen LogP contribution in [0.3, 0.4) is 0 Å². The van der Waals surface area contributed by atoms with Crippen molar-refractivity contribution in [2.45, 2.75) is 25.2 Å². The van der Waals surface area contributed by atoms with E-state index in [1.54, 1.807) is 0 Å². The lowest BCUT2D eigenvalue weighted by atomic mass is 10.0. The molecule has 0 saturated carbocycles. The molecule has 3 aromatic carbocycles. The Balaban J connectivity index is 1.75. The van der Waals surface area contributed by atoms with Gasteiger partial charge in [0.15, 0.2) is 0 Å². The zero-order chi connectivity index (χ0) is 19.5. The number of nitrogens with zero attached hydrogens (tertiary/aromatic N) is 4. The van der Waals surface area contributed by atoms with Crippen LogP contribution in [0.4, 0.5) is 0 Å². The van der Waals surface area contributed by atoms with E-state index >= 15 is 0 Å². The van der Waals surface area contributed by atoms with Gasteiger partial charge in [-0.25, -0.2) is 4.68 Å². The lowest BCUT2D eigenvalue weighted by Crippen LogP contribution is -2.40. The molecule has 5 heteroatoms. The van der Waals surface area contributed by atoms with E-state index < -0.39 is 6.10 Å². The summed E-state index contributed by atoms with van der Waals surface area (Å²) in [6.07, 6.45) is -0.811. The average Bonchev–Trinajstić information content (AvgIpc) is 3.18. The van der Waals surface area contributed by atoms with Gasteiger partial charge in [0, 0.05) is 6.04 Å². The number of rotatable bonds is 6. The summed E-state index contributed by atoms with van der Waals surface area (Å²) >= 11 is 0. The van der Waals surface area contributed by atoms with E-state index in [9.17, 15) is 5.11 Å². The van der Waals surface area contributed by atoms with Crippen LogP contribution in [0.2, 0.25) is 0 Å². The van der Waals surface area contributed by atoms with Crippen molar-refractivity contribution in [1.82, 2.24) is 19.9 Å². The third-order valence-electron chi connectivity index (χ3n) is 5.33. The topological polar surface area (TPSA) is 54.2 Å². The van der Waals surface area contributed by atoms with Crippen LogP contribution < -0.4 is 0 Å². The van der Waals surface area contributed by atoms with E-state index in [0.717, 1.165) is 22.2 Å². The Kier molecular flexibility index (Phi) is 5.19. The highest BCUT2D eigenvalue weighted by atomic mass is 16.3. The maximum absolute atomic E-state index is 11.0. The maximum Gasteiger partial charge on any atom is 0.132 e. The smallest absolute Gasteiger partial charge is 0.132 e. The van der Waals surface area contributed by atoms with Crippen LogP contribution in [0, 0.1) is 0 Å². The molecule has 142 valence electrons.